The van der Waals surface area contributed by atoms with Gasteiger partial charge < -0.3 is 9.72 Å². The number of carbonyl (C=O) groups is 2. The number of Topliss-reactive ketones (excluding diaryl/α,β-unsaturated/α-hetero) is 1. The molecule has 0 aliphatic heterocycles. The molecule has 0 aliphatic rings. The van der Waals surface area contributed by atoms with Crippen LogP contribution >= 0.6 is 11.8 Å². The molecule has 122 valence electrons. The molecule has 0 bridgehead atoms. The van der Waals surface area contributed by atoms with Crippen LogP contribution in [0.25, 0.3) is 0 Å². The van der Waals surface area contributed by atoms with Gasteiger partial charge in [-0.25, -0.2) is 9.78 Å². The number of halogens is 2. The molecule has 0 unspecified atom stereocenters. The number of aryl methyl sites for hydroxylation is 2. The van der Waals surface area contributed by atoms with Crippen molar-refractivity contribution >= 4 is 23.5 Å². The van der Waals surface area contributed by atoms with Gasteiger partial charge in [0.2, 0.25) is 5.78 Å². The lowest BCUT2D eigenvalue weighted by Gasteiger charge is -2.07. The Hall–Kier alpha value is -2.22. The lowest BCUT2D eigenvalue weighted by Crippen LogP contribution is -2.15. The molecule has 1 N–H and O–H groups in total. The number of aromatic nitrogens is 2. The summed E-state index contributed by atoms with van der Waals surface area (Å²) < 4.78 is 29.8. The van der Waals surface area contributed by atoms with Crippen molar-refractivity contribution in [3.05, 3.63) is 46.9 Å². The minimum atomic E-state index is -2.71. The molecule has 0 amide bonds. The van der Waals surface area contributed by atoms with E-state index in [0.717, 1.165) is 5.69 Å². The summed E-state index contributed by atoms with van der Waals surface area (Å²) in [5.41, 5.74) is 1.84. The first-order chi connectivity index (χ1) is 10.9. The summed E-state index contributed by atoms with van der Waals surface area (Å²) in [6.45, 7) is 3.07. The maximum Gasteiger partial charge on any atom is 0.341 e. The maximum absolute atomic E-state index is 12.5. The maximum atomic E-state index is 12.5. The van der Waals surface area contributed by atoms with E-state index in [4.69, 9.17) is 4.74 Å². The smallest absolute Gasteiger partial charge is 0.341 e. The first-order valence-electron chi connectivity index (χ1n) is 6.65. The van der Waals surface area contributed by atoms with Gasteiger partial charge in [-0.3, -0.25) is 4.79 Å². The molecular weight excluding hydrogens is 326 g/mol. The predicted molar refractivity (Wildman–Crippen MR) is 81.0 cm³/mol. The average molecular weight is 340 g/mol. The average Bonchev–Trinajstić information content (AvgIpc) is 2.83. The van der Waals surface area contributed by atoms with Gasteiger partial charge in [0.15, 0.2) is 6.61 Å². The summed E-state index contributed by atoms with van der Waals surface area (Å²) >= 11 is 0.155. The fourth-order valence-electron chi connectivity index (χ4n) is 2.02. The van der Waals surface area contributed by atoms with Crippen LogP contribution in [-0.4, -0.2) is 34.1 Å². The van der Waals surface area contributed by atoms with Crippen LogP contribution in [0, 0.1) is 13.8 Å². The van der Waals surface area contributed by atoms with Crippen LogP contribution in [0.2, 0.25) is 0 Å². The van der Waals surface area contributed by atoms with Crippen LogP contribution in [0.4, 0.5) is 8.78 Å². The summed E-state index contributed by atoms with van der Waals surface area (Å²) in [4.78, 5) is 30.7. The molecule has 2 aromatic heterocycles. The predicted octanol–water partition coefficient (Wildman–Crippen LogP) is 3.38. The Balaban J connectivity index is 2.05. The molecule has 8 heteroatoms. The molecule has 2 heterocycles. The molecule has 0 aromatic carbocycles. The number of nitrogens with zero attached hydrogens (tertiary/aromatic N) is 1. The van der Waals surface area contributed by atoms with Crippen molar-refractivity contribution in [2.75, 3.05) is 6.61 Å². The second-order valence-corrected chi connectivity index (χ2v) is 5.70. The van der Waals surface area contributed by atoms with E-state index in [1.807, 2.05) is 0 Å². The van der Waals surface area contributed by atoms with Crippen molar-refractivity contribution in [2.45, 2.75) is 24.6 Å². The number of nitrogens with one attached hydrogen (secondary N) is 1. The topological polar surface area (TPSA) is 72.1 Å². The van der Waals surface area contributed by atoms with Crippen LogP contribution in [0.15, 0.2) is 29.4 Å². The van der Waals surface area contributed by atoms with E-state index in [9.17, 15) is 18.4 Å². The SMILES string of the molecule is Cc1cc(C(=O)COC(=O)c2cccnc2SC(F)F)c(C)[nH]1. The Morgan fingerprint density at radius 2 is 2.09 bits per heavy atom. The third-order valence-electron chi connectivity index (χ3n) is 2.98. The van der Waals surface area contributed by atoms with E-state index in [0.29, 0.717) is 11.3 Å². The van der Waals surface area contributed by atoms with Crippen molar-refractivity contribution in [1.29, 1.82) is 0 Å². The van der Waals surface area contributed by atoms with Gasteiger partial charge in [0.1, 0.15) is 5.03 Å². The third kappa shape index (κ3) is 4.38. The van der Waals surface area contributed by atoms with Gasteiger partial charge in [0.25, 0.3) is 5.76 Å². The number of aromatic amines is 1. The molecule has 2 aromatic rings. The summed E-state index contributed by atoms with van der Waals surface area (Å²) in [5, 5.41) is -0.131. The standard InChI is InChI=1S/C15H14F2N2O3S/c1-8-6-11(9(2)19-8)12(20)7-22-14(21)10-4-3-5-18-13(10)23-15(16)17/h3-6,15,19H,7H2,1-2H3. The van der Waals surface area contributed by atoms with Crippen LogP contribution in [0.5, 0.6) is 0 Å². The van der Waals surface area contributed by atoms with Crippen molar-refractivity contribution in [1.82, 2.24) is 9.97 Å². The van der Waals surface area contributed by atoms with E-state index >= 15 is 0 Å². The first-order valence-corrected chi connectivity index (χ1v) is 7.53. The number of rotatable bonds is 6. The quantitative estimate of drug-likeness (QED) is 0.496. The van der Waals surface area contributed by atoms with E-state index in [1.165, 1.54) is 18.3 Å². The van der Waals surface area contributed by atoms with Gasteiger partial charge in [-0.05, 0) is 43.8 Å². The molecule has 2 rings (SSSR count). The molecular formula is C15H14F2N2O3S. The molecule has 0 spiro atoms. The van der Waals surface area contributed by atoms with Crippen molar-refractivity contribution in [3.63, 3.8) is 0 Å². The molecule has 0 atom stereocenters. The highest BCUT2D eigenvalue weighted by molar-refractivity contribution is 7.99. The van der Waals surface area contributed by atoms with Gasteiger partial charge in [-0.2, -0.15) is 8.78 Å². The largest absolute Gasteiger partial charge is 0.454 e. The van der Waals surface area contributed by atoms with Crippen LogP contribution in [-0.2, 0) is 4.74 Å². The summed E-state index contributed by atoms with van der Waals surface area (Å²) in [6.07, 6.45) is 1.30. The molecule has 0 saturated carbocycles. The zero-order chi connectivity index (χ0) is 17.0. The van der Waals surface area contributed by atoms with E-state index in [-0.39, 0.29) is 28.1 Å². The van der Waals surface area contributed by atoms with Crippen LogP contribution < -0.4 is 0 Å². The number of carbonyl (C=O) groups excluding carboxylic acids is 2. The second kappa shape index (κ2) is 7.36. The molecule has 0 aliphatic carbocycles. The number of pyridine rings is 1. The minimum absolute atomic E-state index is 0.0902. The number of hydrogen-bond donors (Lipinski definition) is 1. The molecule has 0 radical (unpaired) electrons. The van der Waals surface area contributed by atoms with Gasteiger partial charge in [0.05, 0.1) is 5.56 Å². The molecule has 0 saturated heterocycles. The Labute approximate surface area is 135 Å². The number of ether oxygens (including phenoxy) is 1. The summed E-state index contributed by atoms with van der Waals surface area (Å²) in [5.74, 6) is -3.93. The fraction of sp³-hybridized carbons (Fsp3) is 0.267. The minimum Gasteiger partial charge on any atom is -0.454 e. The van der Waals surface area contributed by atoms with Crippen molar-refractivity contribution < 1.29 is 23.1 Å². The zero-order valence-electron chi connectivity index (χ0n) is 12.4. The highest BCUT2D eigenvalue weighted by Crippen LogP contribution is 2.26. The van der Waals surface area contributed by atoms with E-state index < -0.39 is 18.3 Å². The molecule has 5 nitrogen and oxygen atoms in total. The van der Waals surface area contributed by atoms with E-state index in [2.05, 4.69) is 9.97 Å². The number of ketones is 1. The van der Waals surface area contributed by atoms with Gasteiger partial charge in [0, 0.05) is 23.1 Å². The first kappa shape index (κ1) is 17.1. The van der Waals surface area contributed by atoms with Crippen LogP contribution in [0.1, 0.15) is 32.1 Å². The van der Waals surface area contributed by atoms with Gasteiger partial charge in [-0.15, -0.1) is 0 Å². The Morgan fingerprint density at radius 3 is 2.70 bits per heavy atom. The Bertz CT molecular complexity index is 731. The third-order valence-corrected chi connectivity index (χ3v) is 3.70. The number of thioether (sulfide) groups is 1. The Morgan fingerprint density at radius 1 is 1.35 bits per heavy atom. The zero-order valence-corrected chi connectivity index (χ0v) is 13.2. The van der Waals surface area contributed by atoms with E-state index in [1.54, 1.807) is 19.9 Å². The highest BCUT2D eigenvalue weighted by atomic mass is 32.2. The van der Waals surface area contributed by atoms with Gasteiger partial charge in [-0.1, -0.05) is 0 Å². The summed E-state index contributed by atoms with van der Waals surface area (Å²) in [7, 11) is 0. The van der Waals surface area contributed by atoms with Crippen molar-refractivity contribution in [2.24, 2.45) is 0 Å². The molecule has 23 heavy (non-hydrogen) atoms. The number of hydrogen-bond acceptors (Lipinski definition) is 5. The number of esters is 1. The number of alkyl halides is 2. The number of H-pyrrole nitrogens is 1. The lowest BCUT2D eigenvalue weighted by molar-refractivity contribution is 0.0470. The lowest BCUT2D eigenvalue weighted by atomic mass is 10.1. The highest BCUT2D eigenvalue weighted by Gasteiger charge is 2.20. The monoisotopic (exact) mass is 340 g/mol. The Kier molecular flexibility index (Phi) is 5.49. The summed E-state index contributed by atoms with van der Waals surface area (Å²) in [6, 6.07) is 4.43. The normalized spacial score (nSPS) is 10.8. The van der Waals surface area contributed by atoms with Crippen LogP contribution in [0.3, 0.4) is 0 Å². The fourth-order valence-corrected chi connectivity index (χ4v) is 2.59. The molecule has 0 fully saturated rings. The van der Waals surface area contributed by atoms with Gasteiger partial charge >= 0.3 is 5.97 Å². The second-order valence-electron chi connectivity index (χ2n) is 4.72. The van der Waals surface area contributed by atoms with Crippen molar-refractivity contribution in [3.8, 4) is 0 Å².